The van der Waals surface area contributed by atoms with Gasteiger partial charge in [-0.15, -0.1) is 0 Å². The van der Waals surface area contributed by atoms with E-state index < -0.39 is 10.0 Å². The van der Waals surface area contributed by atoms with E-state index in [0.717, 1.165) is 38.0 Å². The van der Waals surface area contributed by atoms with Crippen LogP contribution in [0.1, 0.15) is 31.9 Å². The van der Waals surface area contributed by atoms with E-state index in [4.69, 9.17) is 0 Å². The summed E-state index contributed by atoms with van der Waals surface area (Å²) in [6.45, 7) is 7.74. The lowest BCUT2D eigenvalue weighted by Crippen LogP contribution is -2.42. The zero-order chi connectivity index (χ0) is 15.1. The van der Waals surface area contributed by atoms with E-state index in [1.165, 1.54) is 6.20 Å². The third-order valence-corrected chi connectivity index (χ3v) is 6.89. The number of piperidine rings is 1. The summed E-state index contributed by atoms with van der Waals surface area (Å²) < 4.78 is 29.1. The van der Waals surface area contributed by atoms with E-state index in [0.29, 0.717) is 24.5 Å². The normalized spacial score (nSPS) is 27.5. The fourth-order valence-electron chi connectivity index (χ4n) is 3.62. The molecule has 2 aliphatic rings. The van der Waals surface area contributed by atoms with Gasteiger partial charge in [0.05, 0.1) is 11.9 Å². The maximum atomic E-state index is 12.9. The number of rotatable bonds is 3. The van der Waals surface area contributed by atoms with E-state index in [2.05, 4.69) is 10.4 Å². The number of aryl methyl sites for hydroxylation is 1. The molecule has 3 heterocycles. The highest BCUT2D eigenvalue weighted by Gasteiger charge is 2.44. The van der Waals surface area contributed by atoms with Crippen LogP contribution in [0, 0.1) is 12.3 Å². The van der Waals surface area contributed by atoms with Crippen molar-refractivity contribution in [3.63, 3.8) is 0 Å². The molecule has 2 aliphatic heterocycles. The smallest absolute Gasteiger partial charge is 0.246 e. The summed E-state index contributed by atoms with van der Waals surface area (Å²) in [5, 5.41) is 7.59. The van der Waals surface area contributed by atoms with Gasteiger partial charge in [0.1, 0.15) is 4.90 Å². The van der Waals surface area contributed by atoms with Gasteiger partial charge in [-0.2, -0.15) is 9.40 Å². The zero-order valence-electron chi connectivity index (χ0n) is 12.8. The van der Waals surface area contributed by atoms with E-state index in [9.17, 15) is 8.42 Å². The SMILES string of the molecule is CCn1ncc(S(=O)(=O)N2CC[C@@]3(CCCNC3)C2)c1C. The van der Waals surface area contributed by atoms with Gasteiger partial charge in [0.25, 0.3) is 0 Å². The Labute approximate surface area is 126 Å². The molecule has 1 aromatic rings. The third-order valence-electron chi connectivity index (χ3n) is 4.94. The minimum atomic E-state index is -3.41. The second kappa shape index (κ2) is 5.37. The second-order valence-electron chi connectivity index (χ2n) is 6.28. The molecule has 1 aromatic heterocycles. The van der Waals surface area contributed by atoms with Crippen molar-refractivity contribution in [3.8, 4) is 0 Å². The molecular formula is C14H24N4O2S. The molecule has 1 atom stereocenters. The average molecular weight is 312 g/mol. The van der Waals surface area contributed by atoms with Gasteiger partial charge < -0.3 is 5.32 Å². The van der Waals surface area contributed by atoms with Crippen LogP contribution >= 0.6 is 0 Å². The Balaban J connectivity index is 1.84. The van der Waals surface area contributed by atoms with Crippen LogP contribution in [-0.2, 0) is 16.6 Å². The van der Waals surface area contributed by atoms with Crippen LogP contribution in [0.3, 0.4) is 0 Å². The van der Waals surface area contributed by atoms with Crippen molar-refractivity contribution in [2.75, 3.05) is 26.2 Å². The molecule has 0 aliphatic carbocycles. The van der Waals surface area contributed by atoms with Gasteiger partial charge in [0, 0.05) is 26.2 Å². The van der Waals surface area contributed by atoms with Gasteiger partial charge in [0.15, 0.2) is 0 Å². The van der Waals surface area contributed by atoms with Gasteiger partial charge >= 0.3 is 0 Å². The first-order chi connectivity index (χ1) is 9.98. The molecule has 2 saturated heterocycles. The van der Waals surface area contributed by atoms with E-state index in [1.807, 2.05) is 13.8 Å². The summed E-state index contributed by atoms with van der Waals surface area (Å²) in [6.07, 6.45) is 4.72. The van der Waals surface area contributed by atoms with E-state index >= 15 is 0 Å². The van der Waals surface area contributed by atoms with Crippen LogP contribution in [0.25, 0.3) is 0 Å². The van der Waals surface area contributed by atoms with Crippen LogP contribution < -0.4 is 5.32 Å². The summed E-state index contributed by atoms with van der Waals surface area (Å²) >= 11 is 0. The quantitative estimate of drug-likeness (QED) is 0.903. The molecule has 2 fully saturated rings. The molecule has 0 saturated carbocycles. The highest BCUT2D eigenvalue weighted by molar-refractivity contribution is 7.89. The van der Waals surface area contributed by atoms with Crippen molar-refractivity contribution >= 4 is 10.0 Å². The van der Waals surface area contributed by atoms with Gasteiger partial charge in [-0.1, -0.05) is 0 Å². The number of sulfonamides is 1. The fourth-order valence-corrected chi connectivity index (χ4v) is 5.33. The fraction of sp³-hybridized carbons (Fsp3) is 0.786. The van der Waals surface area contributed by atoms with Crippen molar-refractivity contribution in [2.45, 2.75) is 44.6 Å². The number of nitrogens with zero attached hydrogens (tertiary/aromatic N) is 3. The van der Waals surface area contributed by atoms with Crippen LogP contribution in [-0.4, -0.2) is 48.7 Å². The van der Waals surface area contributed by atoms with Gasteiger partial charge in [-0.25, -0.2) is 8.42 Å². The lowest BCUT2D eigenvalue weighted by Gasteiger charge is -2.33. The van der Waals surface area contributed by atoms with Gasteiger partial charge in [-0.3, -0.25) is 4.68 Å². The molecule has 0 amide bonds. The van der Waals surface area contributed by atoms with Crippen LogP contribution in [0.2, 0.25) is 0 Å². The zero-order valence-corrected chi connectivity index (χ0v) is 13.6. The molecule has 3 rings (SSSR count). The molecule has 0 aromatic carbocycles. The largest absolute Gasteiger partial charge is 0.316 e. The predicted octanol–water partition coefficient (Wildman–Crippen LogP) is 0.976. The molecule has 7 heteroatoms. The van der Waals surface area contributed by atoms with Crippen molar-refractivity contribution in [2.24, 2.45) is 5.41 Å². The maximum absolute atomic E-state index is 12.9. The highest BCUT2D eigenvalue weighted by Crippen LogP contribution is 2.38. The molecule has 0 unspecified atom stereocenters. The van der Waals surface area contributed by atoms with E-state index in [-0.39, 0.29) is 5.41 Å². The lowest BCUT2D eigenvalue weighted by atomic mass is 9.80. The first-order valence-corrected chi connectivity index (χ1v) is 9.16. The second-order valence-corrected chi connectivity index (χ2v) is 8.19. The Morgan fingerprint density at radius 1 is 1.43 bits per heavy atom. The van der Waals surface area contributed by atoms with Crippen molar-refractivity contribution in [1.29, 1.82) is 0 Å². The summed E-state index contributed by atoms with van der Waals surface area (Å²) in [7, 11) is -3.41. The summed E-state index contributed by atoms with van der Waals surface area (Å²) in [5.41, 5.74) is 0.875. The molecular weight excluding hydrogens is 288 g/mol. The number of aromatic nitrogens is 2. The summed E-state index contributed by atoms with van der Waals surface area (Å²) in [5.74, 6) is 0. The van der Waals surface area contributed by atoms with E-state index in [1.54, 1.807) is 8.99 Å². The molecule has 1 spiro atoms. The summed E-state index contributed by atoms with van der Waals surface area (Å²) in [4.78, 5) is 0.366. The Kier molecular flexibility index (Phi) is 3.83. The minimum Gasteiger partial charge on any atom is -0.316 e. The molecule has 0 radical (unpaired) electrons. The average Bonchev–Trinajstić information content (AvgIpc) is 3.05. The van der Waals surface area contributed by atoms with Crippen LogP contribution in [0.5, 0.6) is 0 Å². The molecule has 1 N–H and O–H groups in total. The van der Waals surface area contributed by atoms with Gasteiger partial charge in [-0.05, 0) is 45.1 Å². The standard InChI is InChI=1S/C14H24N4O2S/c1-3-18-12(2)13(9-16-18)21(19,20)17-8-6-14(11-17)5-4-7-15-10-14/h9,15H,3-8,10-11H2,1-2H3/t14-/m1/s1. The number of nitrogens with one attached hydrogen (secondary N) is 1. The Morgan fingerprint density at radius 2 is 2.24 bits per heavy atom. The first-order valence-electron chi connectivity index (χ1n) is 7.72. The Hall–Kier alpha value is -0.920. The Morgan fingerprint density at radius 3 is 2.86 bits per heavy atom. The number of hydrogen-bond acceptors (Lipinski definition) is 4. The molecule has 21 heavy (non-hydrogen) atoms. The molecule has 118 valence electrons. The topological polar surface area (TPSA) is 67.2 Å². The van der Waals surface area contributed by atoms with Crippen LogP contribution in [0.15, 0.2) is 11.1 Å². The van der Waals surface area contributed by atoms with Crippen molar-refractivity contribution < 1.29 is 8.42 Å². The highest BCUT2D eigenvalue weighted by atomic mass is 32.2. The Bertz CT molecular complexity index is 617. The monoisotopic (exact) mass is 312 g/mol. The summed E-state index contributed by atoms with van der Waals surface area (Å²) in [6, 6.07) is 0. The number of hydrogen-bond donors (Lipinski definition) is 1. The maximum Gasteiger partial charge on any atom is 0.246 e. The predicted molar refractivity (Wildman–Crippen MR) is 80.6 cm³/mol. The first kappa shape index (κ1) is 15.0. The third kappa shape index (κ3) is 2.51. The molecule has 0 bridgehead atoms. The van der Waals surface area contributed by atoms with Crippen LogP contribution in [0.4, 0.5) is 0 Å². The minimum absolute atomic E-state index is 0.139. The van der Waals surface area contributed by atoms with Crippen molar-refractivity contribution in [3.05, 3.63) is 11.9 Å². The van der Waals surface area contributed by atoms with Crippen molar-refractivity contribution in [1.82, 2.24) is 19.4 Å². The lowest BCUT2D eigenvalue weighted by molar-refractivity contribution is 0.224. The molecule has 6 nitrogen and oxygen atoms in total. The van der Waals surface area contributed by atoms with Gasteiger partial charge in [0.2, 0.25) is 10.0 Å².